The second-order valence-corrected chi connectivity index (χ2v) is 5.30. The van der Waals surface area contributed by atoms with Crippen LogP contribution in [0.5, 0.6) is 0 Å². The van der Waals surface area contributed by atoms with Crippen LogP contribution in [-0.2, 0) is 6.54 Å². The van der Waals surface area contributed by atoms with Gasteiger partial charge in [-0.2, -0.15) is 0 Å². The van der Waals surface area contributed by atoms with E-state index in [1.165, 1.54) is 30.7 Å². The topological polar surface area (TPSA) is 16.1 Å². The van der Waals surface area contributed by atoms with Crippen molar-refractivity contribution in [2.75, 3.05) is 0 Å². The Labute approximate surface area is 90.3 Å². The van der Waals surface area contributed by atoms with E-state index >= 15 is 0 Å². The van der Waals surface area contributed by atoms with Gasteiger partial charge in [0.05, 0.1) is 5.69 Å². The van der Waals surface area contributed by atoms with Crippen LogP contribution in [0.2, 0.25) is 0 Å². The fraction of sp³-hybridized carbons (Fsp3) is 0.615. The van der Waals surface area contributed by atoms with Crippen LogP contribution in [0.15, 0.2) is 12.1 Å². The molecule has 2 heteroatoms. The zero-order chi connectivity index (χ0) is 9.99. The van der Waals surface area contributed by atoms with E-state index in [9.17, 15) is 0 Å². The summed E-state index contributed by atoms with van der Waals surface area (Å²) in [5.41, 5.74) is 4.09. The Hall–Kier alpha value is -0.890. The Morgan fingerprint density at radius 3 is 3.20 bits per heavy atom. The smallest absolute Gasteiger partial charge is 0.0582 e. The van der Waals surface area contributed by atoms with Crippen molar-refractivity contribution in [1.82, 2.24) is 9.88 Å². The number of fused-ring (bicyclic) bond motifs is 2. The lowest BCUT2D eigenvalue weighted by Crippen LogP contribution is -2.34. The number of nitrogens with zero attached hydrogens (tertiary/aromatic N) is 2. The van der Waals surface area contributed by atoms with E-state index in [0.29, 0.717) is 0 Å². The molecule has 4 unspecified atom stereocenters. The fourth-order valence-corrected chi connectivity index (χ4v) is 3.94. The molecule has 0 radical (unpaired) electrons. The van der Waals surface area contributed by atoms with Crippen LogP contribution in [0.1, 0.15) is 42.1 Å². The van der Waals surface area contributed by atoms with Gasteiger partial charge in [-0.1, -0.05) is 6.07 Å². The van der Waals surface area contributed by atoms with E-state index in [0.717, 1.165) is 24.5 Å². The minimum Gasteiger partial charge on any atom is -0.291 e. The van der Waals surface area contributed by atoms with Crippen LogP contribution in [0, 0.1) is 6.92 Å². The third-order valence-electron chi connectivity index (χ3n) is 4.56. The number of pyridine rings is 1. The summed E-state index contributed by atoms with van der Waals surface area (Å²) in [6, 6.07) is 6.24. The molecular weight excluding hydrogens is 184 g/mol. The molecular formula is C13H16N2. The highest BCUT2D eigenvalue weighted by Gasteiger charge is 2.50. The maximum atomic E-state index is 4.71. The zero-order valence-electron chi connectivity index (χ0n) is 9.11. The summed E-state index contributed by atoms with van der Waals surface area (Å²) in [4.78, 5) is 7.42. The maximum Gasteiger partial charge on any atom is 0.0582 e. The Morgan fingerprint density at radius 1 is 1.33 bits per heavy atom. The average molecular weight is 200 g/mol. The number of aryl methyl sites for hydroxylation is 1. The van der Waals surface area contributed by atoms with E-state index in [4.69, 9.17) is 4.98 Å². The monoisotopic (exact) mass is 200 g/mol. The first-order valence-corrected chi connectivity index (χ1v) is 6.05. The van der Waals surface area contributed by atoms with Crippen molar-refractivity contribution in [2.45, 2.75) is 50.7 Å². The van der Waals surface area contributed by atoms with Gasteiger partial charge in [-0.15, -0.1) is 0 Å². The average Bonchev–Trinajstić information content (AvgIpc) is 2.73. The largest absolute Gasteiger partial charge is 0.291 e. The molecule has 2 nitrogen and oxygen atoms in total. The van der Waals surface area contributed by atoms with Crippen LogP contribution >= 0.6 is 0 Å². The van der Waals surface area contributed by atoms with Crippen molar-refractivity contribution in [2.24, 2.45) is 0 Å². The summed E-state index contributed by atoms with van der Waals surface area (Å²) < 4.78 is 0. The number of rotatable bonds is 0. The third kappa shape index (κ3) is 0.957. The summed E-state index contributed by atoms with van der Waals surface area (Å²) in [6.07, 6.45) is 4.24. The van der Waals surface area contributed by atoms with Gasteiger partial charge in [0, 0.05) is 30.2 Å². The van der Waals surface area contributed by atoms with Crippen LogP contribution < -0.4 is 0 Å². The summed E-state index contributed by atoms with van der Waals surface area (Å²) in [5, 5.41) is 0. The van der Waals surface area contributed by atoms with Crippen molar-refractivity contribution >= 4 is 0 Å². The molecule has 4 bridgehead atoms. The van der Waals surface area contributed by atoms with Gasteiger partial charge in [0.2, 0.25) is 0 Å². The highest BCUT2D eigenvalue weighted by Crippen LogP contribution is 2.51. The SMILES string of the molecule is Cc1ccc2c(n1)CN1C3CCC1C2C3. The van der Waals surface area contributed by atoms with Crippen molar-refractivity contribution < 1.29 is 0 Å². The molecule has 78 valence electrons. The zero-order valence-corrected chi connectivity index (χ0v) is 9.11. The lowest BCUT2D eigenvalue weighted by atomic mass is 9.82. The number of hydrogen-bond acceptors (Lipinski definition) is 2. The predicted molar refractivity (Wildman–Crippen MR) is 58.7 cm³/mol. The van der Waals surface area contributed by atoms with Gasteiger partial charge >= 0.3 is 0 Å². The van der Waals surface area contributed by atoms with Crippen LogP contribution in [0.3, 0.4) is 0 Å². The fourth-order valence-electron chi connectivity index (χ4n) is 3.94. The lowest BCUT2D eigenvalue weighted by Gasteiger charge is -2.31. The first-order valence-electron chi connectivity index (χ1n) is 6.05. The molecule has 3 aliphatic rings. The van der Waals surface area contributed by atoms with Crippen molar-refractivity contribution in [3.63, 3.8) is 0 Å². The third-order valence-corrected chi connectivity index (χ3v) is 4.56. The van der Waals surface area contributed by atoms with Crippen molar-refractivity contribution in [1.29, 1.82) is 0 Å². The van der Waals surface area contributed by atoms with Gasteiger partial charge in [0.1, 0.15) is 0 Å². The molecule has 4 heterocycles. The first kappa shape index (κ1) is 8.28. The van der Waals surface area contributed by atoms with E-state index in [1.54, 1.807) is 5.56 Å². The Morgan fingerprint density at radius 2 is 2.27 bits per heavy atom. The molecule has 0 amide bonds. The molecule has 0 aliphatic carbocycles. The van der Waals surface area contributed by atoms with Crippen molar-refractivity contribution in [3.8, 4) is 0 Å². The summed E-state index contributed by atoms with van der Waals surface area (Å²) in [7, 11) is 0. The molecule has 0 aromatic carbocycles. The molecule has 0 saturated carbocycles. The maximum absolute atomic E-state index is 4.71. The molecule has 1 aromatic rings. The van der Waals surface area contributed by atoms with Gasteiger partial charge in [-0.3, -0.25) is 9.88 Å². The lowest BCUT2D eigenvalue weighted by molar-refractivity contribution is 0.223. The second-order valence-electron chi connectivity index (χ2n) is 5.30. The van der Waals surface area contributed by atoms with Crippen LogP contribution in [-0.4, -0.2) is 22.0 Å². The molecule has 4 atom stereocenters. The molecule has 4 rings (SSSR count). The van der Waals surface area contributed by atoms with E-state index in [-0.39, 0.29) is 0 Å². The summed E-state index contributed by atoms with van der Waals surface area (Å²) in [6.45, 7) is 3.21. The number of aromatic nitrogens is 1. The number of hydrogen-bond donors (Lipinski definition) is 0. The summed E-state index contributed by atoms with van der Waals surface area (Å²) in [5.74, 6) is 0.806. The molecule has 2 fully saturated rings. The van der Waals surface area contributed by atoms with Crippen LogP contribution in [0.4, 0.5) is 0 Å². The molecule has 0 N–H and O–H groups in total. The highest BCUT2D eigenvalue weighted by atomic mass is 15.3. The minimum absolute atomic E-state index is 0.806. The molecule has 3 aliphatic heterocycles. The van der Waals surface area contributed by atoms with Crippen LogP contribution in [0.25, 0.3) is 0 Å². The van der Waals surface area contributed by atoms with Gasteiger partial charge < -0.3 is 0 Å². The van der Waals surface area contributed by atoms with Gasteiger partial charge in [0.25, 0.3) is 0 Å². The molecule has 1 aromatic heterocycles. The Bertz CT molecular complexity index is 427. The van der Waals surface area contributed by atoms with E-state index in [1.807, 2.05) is 0 Å². The van der Waals surface area contributed by atoms with Gasteiger partial charge in [-0.05, 0) is 37.8 Å². The quantitative estimate of drug-likeness (QED) is 0.638. The predicted octanol–water partition coefficient (Wildman–Crippen LogP) is 2.22. The Kier molecular flexibility index (Phi) is 1.44. The minimum atomic E-state index is 0.806. The normalized spacial score (nSPS) is 40.6. The highest BCUT2D eigenvalue weighted by molar-refractivity contribution is 5.34. The molecule has 15 heavy (non-hydrogen) atoms. The van der Waals surface area contributed by atoms with Gasteiger partial charge in [-0.25, -0.2) is 0 Å². The Balaban J connectivity index is 1.87. The van der Waals surface area contributed by atoms with E-state index in [2.05, 4.69) is 24.0 Å². The van der Waals surface area contributed by atoms with Crippen molar-refractivity contribution in [3.05, 3.63) is 29.1 Å². The molecule has 2 saturated heterocycles. The van der Waals surface area contributed by atoms with E-state index < -0.39 is 0 Å². The second kappa shape index (κ2) is 2.62. The summed E-state index contributed by atoms with van der Waals surface area (Å²) >= 11 is 0. The first-order chi connectivity index (χ1) is 7.33. The molecule has 0 spiro atoms. The standard InChI is InChI=1S/C13H16N2/c1-8-2-4-10-11-6-9-3-5-13(11)15(9)7-12(10)14-8/h2,4,9,11,13H,3,5-7H2,1H3. The van der Waals surface area contributed by atoms with Gasteiger partial charge in [0.15, 0.2) is 0 Å².